The zero-order chi connectivity index (χ0) is 12.8. The molecule has 96 valence electrons. The summed E-state index contributed by atoms with van der Waals surface area (Å²) in [5.74, 6) is 0.392. The van der Waals surface area contributed by atoms with Gasteiger partial charge in [-0.25, -0.2) is 0 Å². The third kappa shape index (κ3) is 5.01. The van der Waals surface area contributed by atoms with Gasteiger partial charge in [0.2, 0.25) is 11.0 Å². The number of thioether (sulfide) groups is 1. The second-order valence-electron chi connectivity index (χ2n) is 3.73. The summed E-state index contributed by atoms with van der Waals surface area (Å²) in [6.45, 7) is 6.00. The summed E-state index contributed by atoms with van der Waals surface area (Å²) in [6.07, 6.45) is -0.0943. The molecule has 0 aromatic carbocycles. The fraction of sp³-hybridized carbons (Fsp3) is 0.700. The van der Waals surface area contributed by atoms with Crippen molar-refractivity contribution in [3.63, 3.8) is 0 Å². The van der Waals surface area contributed by atoms with E-state index in [-0.39, 0.29) is 12.0 Å². The van der Waals surface area contributed by atoms with Crippen molar-refractivity contribution < 1.29 is 9.53 Å². The van der Waals surface area contributed by atoms with Gasteiger partial charge in [0.25, 0.3) is 0 Å². The zero-order valence-corrected chi connectivity index (χ0v) is 12.0. The number of amides is 1. The lowest BCUT2D eigenvalue weighted by atomic mass is 10.4. The topological polar surface area (TPSA) is 64.1 Å². The van der Waals surface area contributed by atoms with E-state index in [9.17, 15) is 4.79 Å². The summed E-state index contributed by atoms with van der Waals surface area (Å²) in [7, 11) is 1.61. The van der Waals surface area contributed by atoms with Crippen molar-refractivity contribution in [2.24, 2.45) is 0 Å². The third-order valence-electron chi connectivity index (χ3n) is 1.94. The normalized spacial score (nSPS) is 12.8. The molecule has 1 amide bonds. The fourth-order valence-electron chi connectivity index (χ4n) is 0.948. The molecule has 0 aliphatic heterocycles. The molecule has 0 aliphatic carbocycles. The lowest BCUT2D eigenvalue weighted by molar-refractivity contribution is -0.113. The first-order chi connectivity index (χ1) is 8.02. The van der Waals surface area contributed by atoms with Gasteiger partial charge in [-0.15, -0.1) is 22.0 Å². The molecule has 0 spiro atoms. The van der Waals surface area contributed by atoms with Crippen molar-refractivity contribution in [2.45, 2.75) is 32.1 Å². The number of ether oxygens (including phenoxy) is 1. The lowest BCUT2D eigenvalue weighted by Gasteiger charge is -2.04. The standard InChI is InChI=1S/C10H17N3O2S2/c1-6(2)16-5-8(14)11-10-13-12-9(17-10)7(3)15-4/h6-7H,5H2,1-4H3,(H,11,13,14). The summed E-state index contributed by atoms with van der Waals surface area (Å²) in [5.41, 5.74) is 0. The first-order valence-electron chi connectivity index (χ1n) is 5.30. The second-order valence-corrected chi connectivity index (χ2v) is 6.31. The van der Waals surface area contributed by atoms with Crippen LogP contribution in [0.2, 0.25) is 0 Å². The van der Waals surface area contributed by atoms with Gasteiger partial charge in [-0.3, -0.25) is 10.1 Å². The molecule has 17 heavy (non-hydrogen) atoms. The average Bonchev–Trinajstić information content (AvgIpc) is 2.73. The summed E-state index contributed by atoms with van der Waals surface area (Å²) in [5, 5.41) is 12.3. The van der Waals surface area contributed by atoms with E-state index in [4.69, 9.17) is 4.74 Å². The molecular formula is C10H17N3O2S2. The summed E-state index contributed by atoms with van der Waals surface area (Å²) in [4.78, 5) is 11.5. The number of carbonyl (C=O) groups is 1. The quantitative estimate of drug-likeness (QED) is 0.863. The molecule has 1 aromatic rings. The minimum Gasteiger partial charge on any atom is -0.374 e. The van der Waals surface area contributed by atoms with Crippen LogP contribution < -0.4 is 5.32 Å². The van der Waals surface area contributed by atoms with Crippen LogP contribution >= 0.6 is 23.1 Å². The largest absolute Gasteiger partial charge is 0.374 e. The number of methoxy groups -OCH3 is 1. The number of anilines is 1. The third-order valence-corrected chi connectivity index (χ3v) is 4.03. The Hall–Kier alpha value is -0.660. The molecule has 1 unspecified atom stereocenters. The molecule has 1 aromatic heterocycles. The lowest BCUT2D eigenvalue weighted by Crippen LogP contribution is -2.15. The van der Waals surface area contributed by atoms with Gasteiger partial charge in [0, 0.05) is 7.11 Å². The van der Waals surface area contributed by atoms with Gasteiger partial charge in [-0.1, -0.05) is 25.2 Å². The number of hydrogen-bond donors (Lipinski definition) is 1. The molecule has 1 N–H and O–H groups in total. The van der Waals surface area contributed by atoms with Crippen LogP contribution in [-0.4, -0.2) is 34.2 Å². The van der Waals surface area contributed by atoms with Crippen LogP contribution in [0.15, 0.2) is 0 Å². The highest BCUT2D eigenvalue weighted by atomic mass is 32.2. The van der Waals surface area contributed by atoms with Crippen molar-refractivity contribution in [1.82, 2.24) is 10.2 Å². The molecule has 0 fully saturated rings. The zero-order valence-electron chi connectivity index (χ0n) is 10.4. The highest BCUT2D eigenvalue weighted by molar-refractivity contribution is 8.00. The highest BCUT2D eigenvalue weighted by Crippen LogP contribution is 2.23. The molecule has 1 heterocycles. The van der Waals surface area contributed by atoms with Gasteiger partial charge in [0.15, 0.2) is 0 Å². The Morgan fingerprint density at radius 1 is 1.47 bits per heavy atom. The Bertz CT molecular complexity index is 368. The minimum atomic E-state index is -0.0943. The number of carbonyl (C=O) groups excluding carboxylic acids is 1. The van der Waals surface area contributed by atoms with Crippen molar-refractivity contribution in [3.05, 3.63) is 5.01 Å². The van der Waals surface area contributed by atoms with Gasteiger partial charge in [0.05, 0.1) is 5.75 Å². The van der Waals surface area contributed by atoms with E-state index in [0.717, 1.165) is 5.01 Å². The SMILES string of the molecule is COC(C)c1nnc(NC(=O)CSC(C)C)s1. The molecule has 0 radical (unpaired) electrons. The maximum absolute atomic E-state index is 11.5. The van der Waals surface area contributed by atoms with E-state index >= 15 is 0 Å². The van der Waals surface area contributed by atoms with Gasteiger partial charge in [-0.2, -0.15) is 0 Å². The van der Waals surface area contributed by atoms with Crippen LogP contribution in [0.1, 0.15) is 31.9 Å². The van der Waals surface area contributed by atoms with E-state index in [2.05, 4.69) is 29.4 Å². The Balaban J connectivity index is 2.46. The molecular weight excluding hydrogens is 258 g/mol. The van der Waals surface area contributed by atoms with Crippen molar-refractivity contribution in [3.8, 4) is 0 Å². The number of nitrogens with one attached hydrogen (secondary N) is 1. The number of nitrogens with zero attached hydrogens (tertiary/aromatic N) is 2. The monoisotopic (exact) mass is 275 g/mol. The van der Waals surface area contributed by atoms with Crippen LogP contribution in [0.5, 0.6) is 0 Å². The molecule has 0 saturated heterocycles. The summed E-state index contributed by atoms with van der Waals surface area (Å²) in [6, 6.07) is 0. The molecule has 0 aliphatic rings. The number of hydrogen-bond acceptors (Lipinski definition) is 6. The van der Waals surface area contributed by atoms with E-state index < -0.39 is 0 Å². The van der Waals surface area contributed by atoms with E-state index in [0.29, 0.717) is 16.1 Å². The fourth-order valence-corrected chi connectivity index (χ4v) is 2.29. The Morgan fingerprint density at radius 2 is 2.18 bits per heavy atom. The molecule has 5 nitrogen and oxygen atoms in total. The van der Waals surface area contributed by atoms with Crippen LogP contribution in [-0.2, 0) is 9.53 Å². The smallest absolute Gasteiger partial charge is 0.236 e. The van der Waals surface area contributed by atoms with Gasteiger partial charge in [0.1, 0.15) is 11.1 Å². The predicted octanol–water partition coefficient (Wildman–Crippen LogP) is 2.33. The first-order valence-corrected chi connectivity index (χ1v) is 7.17. The Morgan fingerprint density at radius 3 is 2.76 bits per heavy atom. The molecule has 1 atom stereocenters. The number of rotatable bonds is 6. The van der Waals surface area contributed by atoms with Gasteiger partial charge in [-0.05, 0) is 12.2 Å². The molecule has 0 saturated carbocycles. The van der Waals surface area contributed by atoms with Crippen LogP contribution in [0, 0.1) is 0 Å². The van der Waals surface area contributed by atoms with Crippen LogP contribution in [0.25, 0.3) is 0 Å². The van der Waals surface area contributed by atoms with Crippen LogP contribution in [0.3, 0.4) is 0 Å². The van der Waals surface area contributed by atoms with Gasteiger partial charge < -0.3 is 4.74 Å². The van der Waals surface area contributed by atoms with Gasteiger partial charge >= 0.3 is 0 Å². The van der Waals surface area contributed by atoms with E-state index in [1.807, 2.05) is 6.92 Å². The highest BCUT2D eigenvalue weighted by Gasteiger charge is 2.13. The van der Waals surface area contributed by atoms with Crippen molar-refractivity contribution in [2.75, 3.05) is 18.2 Å². The van der Waals surface area contributed by atoms with Crippen LogP contribution in [0.4, 0.5) is 5.13 Å². The Labute approximate surface area is 109 Å². The molecule has 1 rings (SSSR count). The maximum atomic E-state index is 11.5. The maximum Gasteiger partial charge on any atom is 0.236 e. The van der Waals surface area contributed by atoms with E-state index in [1.54, 1.807) is 18.9 Å². The summed E-state index contributed by atoms with van der Waals surface area (Å²) < 4.78 is 5.12. The van der Waals surface area contributed by atoms with Crippen molar-refractivity contribution >= 4 is 34.1 Å². The Kier molecular flexibility index (Phi) is 5.87. The predicted molar refractivity (Wildman–Crippen MR) is 71.6 cm³/mol. The minimum absolute atomic E-state index is 0.0449. The molecule has 0 bridgehead atoms. The number of aromatic nitrogens is 2. The first kappa shape index (κ1) is 14.4. The van der Waals surface area contributed by atoms with E-state index in [1.165, 1.54) is 11.3 Å². The average molecular weight is 275 g/mol. The second kappa shape index (κ2) is 6.93. The molecule has 7 heteroatoms. The summed E-state index contributed by atoms with van der Waals surface area (Å²) >= 11 is 2.94. The van der Waals surface area contributed by atoms with Crippen molar-refractivity contribution in [1.29, 1.82) is 0 Å².